The number of benzene rings is 1. The maximum Gasteiger partial charge on any atom is 0.254 e. The van der Waals surface area contributed by atoms with Gasteiger partial charge in [0.05, 0.1) is 0 Å². The summed E-state index contributed by atoms with van der Waals surface area (Å²) in [7, 11) is 0. The van der Waals surface area contributed by atoms with Crippen molar-refractivity contribution in [3.8, 4) is 0 Å². The van der Waals surface area contributed by atoms with E-state index in [9.17, 15) is 4.79 Å². The Balaban J connectivity index is 1.83. The number of carbonyl (C=O) groups excluding carboxylic acids is 1. The number of fused-ring (bicyclic) bond motifs is 2. The SMILES string of the molecule is O=C(c1ccc(Cl)cc1)N1C2CCC1CC(Br)C2. The fourth-order valence-corrected chi connectivity index (χ4v) is 4.17. The lowest BCUT2D eigenvalue weighted by molar-refractivity contribution is 0.0603. The van der Waals surface area contributed by atoms with Crippen LogP contribution in [-0.4, -0.2) is 27.7 Å². The molecule has 0 saturated carbocycles. The molecule has 0 N–H and O–H groups in total. The number of nitrogens with zero attached hydrogens (tertiary/aromatic N) is 1. The van der Waals surface area contributed by atoms with E-state index in [0.717, 1.165) is 31.2 Å². The first kappa shape index (κ1) is 12.5. The van der Waals surface area contributed by atoms with E-state index in [1.54, 1.807) is 12.1 Å². The smallest absolute Gasteiger partial charge is 0.254 e. The molecule has 2 atom stereocenters. The molecule has 96 valence electrons. The van der Waals surface area contributed by atoms with Crippen LogP contribution in [0.1, 0.15) is 36.0 Å². The van der Waals surface area contributed by atoms with Crippen molar-refractivity contribution in [2.75, 3.05) is 0 Å². The standard InChI is InChI=1S/C14H15BrClNO/c15-10-7-12-5-6-13(8-10)17(12)14(18)9-1-3-11(16)4-2-9/h1-4,10,12-13H,5-8H2. The van der Waals surface area contributed by atoms with E-state index >= 15 is 0 Å². The summed E-state index contributed by atoms with van der Waals surface area (Å²) in [6.07, 6.45) is 4.45. The molecule has 1 amide bonds. The molecule has 2 unspecified atom stereocenters. The van der Waals surface area contributed by atoms with Crippen molar-refractivity contribution in [3.63, 3.8) is 0 Å². The van der Waals surface area contributed by atoms with Gasteiger partial charge in [-0.2, -0.15) is 0 Å². The number of rotatable bonds is 1. The Labute approximate surface area is 120 Å². The summed E-state index contributed by atoms with van der Waals surface area (Å²) in [5.74, 6) is 0.165. The van der Waals surface area contributed by atoms with Gasteiger partial charge in [0.15, 0.2) is 0 Å². The second-order valence-corrected chi connectivity index (χ2v) is 6.90. The monoisotopic (exact) mass is 327 g/mol. The number of halogens is 2. The maximum absolute atomic E-state index is 12.5. The highest BCUT2D eigenvalue weighted by Gasteiger charge is 2.42. The van der Waals surface area contributed by atoms with Crippen molar-refractivity contribution < 1.29 is 4.79 Å². The van der Waals surface area contributed by atoms with E-state index in [4.69, 9.17) is 11.6 Å². The van der Waals surface area contributed by atoms with Crippen molar-refractivity contribution in [3.05, 3.63) is 34.9 Å². The summed E-state index contributed by atoms with van der Waals surface area (Å²) >= 11 is 9.56. The highest BCUT2D eigenvalue weighted by Crippen LogP contribution is 2.39. The molecular weight excluding hydrogens is 314 g/mol. The molecule has 1 aromatic rings. The predicted octanol–water partition coefficient (Wildman–Crippen LogP) is 3.87. The minimum absolute atomic E-state index is 0.165. The Hall–Kier alpha value is -0.540. The number of hydrogen-bond acceptors (Lipinski definition) is 1. The number of carbonyl (C=O) groups is 1. The molecule has 0 radical (unpaired) electrons. The lowest BCUT2D eigenvalue weighted by Crippen LogP contribution is -2.46. The van der Waals surface area contributed by atoms with Crippen LogP contribution in [-0.2, 0) is 0 Å². The van der Waals surface area contributed by atoms with Crippen LogP contribution in [0, 0.1) is 0 Å². The van der Waals surface area contributed by atoms with Gasteiger partial charge in [-0.3, -0.25) is 4.79 Å². The summed E-state index contributed by atoms with van der Waals surface area (Å²) in [5.41, 5.74) is 0.754. The number of amides is 1. The molecule has 1 aromatic carbocycles. The van der Waals surface area contributed by atoms with E-state index in [1.165, 1.54) is 0 Å². The number of alkyl halides is 1. The highest BCUT2D eigenvalue weighted by atomic mass is 79.9. The second kappa shape index (κ2) is 4.86. The van der Waals surface area contributed by atoms with Crippen molar-refractivity contribution in [2.24, 2.45) is 0 Å². The van der Waals surface area contributed by atoms with E-state index in [0.29, 0.717) is 21.9 Å². The first-order valence-electron chi connectivity index (χ1n) is 6.37. The summed E-state index contributed by atoms with van der Waals surface area (Å²) in [6.45, 7) is 0. The molecule has 0 aliphatic carbocycles. The second-order valence-electron chi connectivity index (χ2n) is 5.17. The van der Waals surface area contributed by atoms with Gasteiger partial charge in [-0.1, -0.05) is 27.5 Å². The van der Waals surface area contributed by atoms with Gasteiger partial charge in [0.2, 0.25) is 0 Å². The van der Waals surface area contributed by atoms with Gasteiger partial charge in [0.25, 0.3) is 5.91 Å². The molecule has 2 saturated heterocycles. The van der Waals surface area contributed by atoms with Crippen LogP contribution >= 0.6 is 27.5 Å². The third kappa shape index (κ3) is 2.19. The number of piperidine rings is 1. The Morgan fingerprint density at radius 2 is 1.72 bits per heavy atom. The maximum atomic E-state index is 12.5. The van der Waals surface area contributed by atoms with Crippen LogP contribution in [0.25, 0.3) is 0 Å². The molecule has 2 fully saturated rings. The fourth-order valence-electron chi connectivity index (χ4n) is 3.18. The Morgan fingerprint density at radius 1 is 1.17 bits per heavy atom. The zero-order chi connectivity index (χ0) is 12.7. The van der Waals surface area contributed by atoms with Gasteiger partial charge >= 0.3 is 0 Å². The summed E-state index contributed by atoms with van der Waals surface area (Å²) < 4.78 is 0. The summed E-state index contributed by atoms with van der Waals surface area (Å²) in [4.78, 5) is 15.2. The molecule has 2 bridgehead atoms. The van der Waals surface area contributed by atoms with Crippen LogP contribution in [0.4, 0.5) is 0 Å². The lowest BCUT2D eigenvalue weighted by atomic mass is 10.0. The van der Waals surface area contributed by atoms with Gasteiger partial charge < -0.3 is 4.90 Å². The normalized spacial score (nSPS) is 30.6. The van der Waals surface area contributed by atoms with Crippen molar-refractivity contribution in [1.82, 2.24) is 4.90 Å². The molecule has 3 rings (SSSR count). The van der Waals surface area contributed by atoms with Crippen molar-refractivity contribution in [2.45, 2.75) is 42.6 Å². The Morgan fingerprint density at radius 3 is 2.28 bits per heavy atom. The molecule has 18 heavy (non-hydrogen) atoms. The highest BCUT2D eigenvalue weighted by molar-refractivity contribution is 9.09. The molecule has 4 heteroatoms. The van der Waals surface area contributed by atoms with Crippen molar-refractivity contribution in [1.29, 1.82) is 0 Å². The summed E-state index contributed by atoms with van der Waals surface area (Å²) in [5, 5.41) is 0.675. The minimum Gasteiger partial charge on any atom is -0.333 e. The lowest BCUT2D eigenvalue weighted by Gasteiger charge is -2.37. The van der Waals surface area contributed by atoms with E-state index < -0.39 is 0 Å². The van der Waals surface area contributed by atoms with E-state index in [-0.39, 0.29) is 5.91 Å². The van der Waals surface area contributed by atoms with Crippen LogP contribution in [0.2, 0.25) is 5.02 Å². The molecular formula is C14H15BrClNO. The van der Waals surface area contributed by atoms with E-state index in [1.807, 2.05) is 12.1 Å². The quantitative estimate of drug-likeness (QED) is 0.717. The average molecular weight is 329 g/mol. The van der Waals surface area contributed by atoms with Crippen LogP contribution in [0.3, 0.4) is 0 Å². The first-order valence-corrected chi connectivity index (χ1v) is 7.67. The average Bonchev–Trinajstić information content (AvgIpc) is 2.62. The third-order valence-electron chi connectivity index (χ3n) is 4.00. The predicted molar refractivity (Wildman–Crippen MR) is 76.4 cm³/mol. The van der Waals surface area contributed by atoms with Gasteiger partial charge in [-0.15, -0.1) is 0 Å². The first-order chi connectivity index (χ1) is 8.65. The Kier molecular flexibility index (Phi) is 3.37. The van der Waals surface area contributed by atoms with Gasteiger partial charge in [0.1, 0.15) is 0 Å². The Bertz CT molecular complexity index is 447. The van der Waals surface area contributed by atoms with Crippen LogP contribution < -0.4 is 0 Å². The van der Waals surface area contributed by atoms with Gasteiger partial charge in [-0.05, 0) is 49.9 Å². The number of hydrogen-bond donors (Lipinski definition) is 0. The zero-order valence-electron chi connectivity index (χ0n) is 9.98. The largest absolute Gasteiger partial charge is 0.333 e. The zero-order valence-corrected chi connectivity index (χ0v) is 12.3. The van der Waals surface area contributed by atoms with Crippen molar-refractivity contribution >= 4 is 33.4 Å². The summed E-state index contributed by atoms with van der Waals surface area (Å²) in [6, 6.07) is 8.05. The molecule has 2 aliphatic rings. The molecule has 2 heterocycles. The van der Waals surface area contributed by atoms with Crippen LogP contribution in [0.5, 0.6) is 0 Å². The van der Waals surface area contributed by atoms with E-state index in [2.05, 4.69) is 20.8 Å². The topological polar surface area (TPSA) is 20.3 Å². The van der Waals surface area contributed by atoms with Crippen LogP contribution in [0.15, 0.2) is 24.3 Å². The molecule has 2 aliphatic heterocycles. The van der Waals surface area contributed by atoms with Gasteiger partial charge in [-0.25, -0.2) is 0 Å². The fraction of sp³-hybridized carbons (Fsp3) is 0.500. The third-order valence-corrected chi connectivity index (χ3v) is 5.00. The van der Waals surface area contributed by atoms with Gasteiger partial charge in [0, 0.05) is 27.5 Å². The molecule has 0 spiro atoms. The minimum atomic E-state index is 0.165. The molecule has 2 nitrogen and oxygen atoms in total. The molecule has 0 aromatic heterocycles.